The zero-order valence-corrected chi connectivity index (χ0v) is 16.5. The van der Waals surface area contributed by atoms with Gasteiger partial charge in [0.2, 0.25) is 0 Å². The number of piperidine rings is 1. The number of nitrogens with zero attached hydrogens (tertiary/aromatic N) is 6. The lowest BCUT2D eigenvalue weighted by Crippen LogP contribution is -2.45. The largest absolute Gasteiger partial charge is 0.281 e. The van der Waals surface area contributed by atoms with E-state index in [1.807, 2.05) is 10.7 Å². The van der Waals surface area contributed by atoms with Crippen molar-refractivity contribution in [3.05, 3.63) is 30.4 Å². The molecule has 0 amide bonds. The van der Waals surface area contributed by atoms with Crippen molar-refractivity contribution in [2.24, 2.45) is 0 Å². The maximum absolute atomic E-state index is 12.4. The van der Waals surface area contributed by atoms with E-state index in [0.29, 0.717) is 13.1 Å². The van der Waals surface area contributed by atoms with Crippen LogP contribution < -0.4 is 0 Å². The monoisotopic (exact) mass is 378 g/mol. The molecular formula is C17H26N6O2S. The normalized spacial score (nSPS) is 19.4. The molecule has 8 nitrogen and oxygen atoms in total. The van der Waals surface area contributed by atoms with Crippen molar-refractivity contribution in [1.29, 1.82) is 0 Å². The molecule has 1 fully saturated rings. The van der Waals surface area contributed by atoms with Crippen LogP contribution in [0.15, 0.2) is 24.7 Å². The van der Waals surface area contributed by atoms with Crippen molar-refractivity contribution in [2.75, 3.05) is 27.2 Å². The zero-order chi connectivity index (χ0) is 18.9. The van der Waals surface area contributed by atoms with E-state index in [0.717, 1.165) is 29.9 Å². The maximum atomic E-state index is 12.4. The fraction of sp³-hybridized carbons (Fsp3) is 0.588. The second kappa shape index (κ2) is 7.42. The Morgan fingerprint density at radius 2 is 2.00 bits per heavy atom. The van der Waals surface area contributed by atoms with Gasteiger partial charge < -0.3 is 0 Å². The van der Waals surface area contributed by atoms with E-state index in [9.17, 15) is 8.42 Å². The Bertz CT molecular complexity index is 844. The second-order valence-corrected chi connectivity index (χ2v) is 9.21. The molecule has 0 spiro atoms. The van der Waals surface area contributed by atoms with Gasteiger partial charge in [0.15, 0.2) is 0 Å². The summed E-state index contributed by atoms with van der Waals surface area (Å²) in [5.74, 6) is 0.0648. The SMILES string of the molecule is CC(C)n1nccc1-c1cnc(C2CCCN(S(=O)(=O)N(C)C)C2)cn1. The minimum absolute atomic E-state index is 0.0648. The summed E-state index contributed by atoms with van der Waals surface area (Å²) in [5.41, 5.74) is 2.54. The molecule has 0 aliphatic carbocycles. The van der Waals surface area contributed by atoms with E-state index in [1.165, 1.54) is 8.61 Å². The summed E-state index contributed by atoms with van der Waals surface area (Å²) in [6.07, 6.45) is 7.02. The van der Waals surface area contributed by atoms with Crippen molar-refractivity contribution in [3.8, 4) is 11.4 Å². The molecule has 2 aromatic rings. The molecule has 3 heterocycles. The Kier molecular flexibility index (Phi) is 5.40. The van der Waals surface area contributed by atoms with Crippen LogP contribution >= 0.6 is 0 Å². The third-order valence-corrected chi connectivity index (χ3v) is 6.59. The zero-order valence-electron chi connectivity index (χ0n) is 15.7. The van der Waals surface area contributed by atoms with E-state index < -0.39 is 10.2 Å². The molecule has 0 saturated carbocycles. The van der Waals surface area contributed by atoms with Gasteiger partial charge in [-0.25, -0.2) is 0 Å². The maximum Gasteiger partial charge on any atom is 0.281 e. The molecule has 26 heavy (non-hydrogen) atoms. The van der Waals surface area contributed by atoms with Crippen molar-refractivity contribution >= 4 is 10.2 Å². The number of hydrogen-bond acceptors (Lipinski definition) is 5. The highest BCUT2D eigenvalue weighted by atomic mass is 32.2. The second-order valence-electron chi connectivity index (χ2n) is 7.07. The van der Waals surface area contributed by atoms with Crippen LogP contribution in [0.5, 0.6) is 0 Å². The van der Waals surface area contributed by atoms with Gasteiger partial charge in [0, 0.05) is 51.5 Å². The first kappa shape index (κ1) is 18.9. The van der Waals surface area contributed by atoms with Gasteiger partial charge in [0.1, 0.15) is 5.69 Å². The lowest BCUT2D eigenvalue weighted by atomic mass is 9.96. The summed E-state index contributed by atoms with van der Waals surface area (Å²) in [6, 6.07) is 2.17. The molecule has 1 saturated heterocycles. The molecule has 0 bridgehead atoms. The van der Waals surface area contributed by atoms with Gasteiger partial charge in [-0.15, -0.1) is 0 Å². The minimum Gasteiger partial charge on any atom is -0.261 e. The van der Waals surface area contributed by atoms with Gasteiger partial charge in [0.05, 0.1) is 17.6 Å². The molecule has 9 heteroatoms. The van der Waals surface area contributed by atoms with Gasteiger partial charge in [-0.3, -0.25) is 14.6 Å². The highest BCUT2D eigenvalue weighted by Crippen LogP contribution is 2.28. The van der Waals surface area contributed by atoms with Gasteiger partial charge >= 0.3 is 0 Å². The smallest absolute Gasteiger partial charge is 0.261 e. The van der Waals surface area contributed by atoms with Gasteiger partial charge in [-0.05, 0) is 32.8 Å². The summed E-state index contributed by atoms with van der Waals surface area (Å²) >= 11 is 0. The molecule has 0 aromatic carbocycles. The first-order valence-electron chi connectivity index (χ1n) is 8.84. The minimum atomic E-state index is -3.39. The predicted molar refractivity (Wildman–Crippen MR) is 99.8 cm³/mol. The van der Waals surface area contributed by atoms with E-state index >= 15 is 0 Å². The molecule has 2 aromatic heterocycles. The van der Waals surface area contributed by atoms with E-state index in [2.05, 4.69) is 28.9 Å². The molecule has 3 rings (SSSR count). The van der Waals surface area contributed by atoms with Crippen molar-refractivity contribution in [3.63, 3.8) is 0 Å². The lowest BCUT2D eigenvalue weighted by Gasteiger charge is -2.33. The van der Waals surface area contributed by atoms with E-state index in [1.54, 1.807) is 32.7 Å². The van der Waals surface area contributed by atoms with Crippen LogP contribution in [0.25, 0.3) is 11.4 Å². The molecule has 1 aliphatic heterocycles. The summed E-state index contributed by atoms with van der Waals surface area (Å²) in [5, 5.41) is 4.33. The third kappa shape index (κ3) is 3.65. The third-order valence-electron chi connectivity index (χ3n) is 4.68. The van der Waals surface area contributed by atoms with Crippen LogP contribution in [-0.4, -0.2) is 64.0 Å². The molecular weight excluding hydrogens is 352 g/mol. The van der Waals surface area contributed by atoms with Crippen LogP contribution in [-0.2, 0) is 10.2 Å². The van der Waals surface area contributed by atoms with E-state index in [-0.39, 0.29) is 12.0 Å². The summed E-state index contributed by atoms with van der Waals surface area (Å²) in [7, 11) is -0.271. The van der Waals surface area contributed by atoms with Crippen molar-refractivity contribution in [2.45, 2.75) is 38.6 Å². The molecule has 1 atom stereocenters. The average molecular weight is 379 g/mol. The predicted octanol–water partition coefficient (Wildman–Crippen LogP) is 1.91. The topological polar surface area (TPSA) is 84.2 Å². The first-order chi connectivity index (χ1) is 12.3. The number of rotatable bonds is 5. The molecule has 1 aliphatic rings. The Labute approximate surface area is 155 Å². The van der Waals surface area contributed by atoms with E-state index in [4.69, 9.17) is 0 Å². The first-order valence-corrected chi connectivity index (χ1v) is 10.2. The standard InChI is InChI=1S/C17H26N6O2S/c1-13(2)23-17(7-8-20-23)16-11-18-15(10-19-16)14-6-5-9-22(12-14)26(24,25)21(3)4/h7-8,10-11,13-14H,5-6,9,12H2,1-4H3. The van der Waals surface area contributed by atoms with Crippen LogP contribution in [0.3, 0.4) is 0 Å². The summed E-state index contributed by atoms with van der Waals surface area (Å²) in [4.78, 5) is 9.14. The quantitative estimate of drug-likeness (QED) is 0.793. The summed E-state index contributed by atoms with van der Waals surface area (Å²) in [6.45, 7) is 5.13. The molecule has 0 N–H and O–H groups in total. The van der Waals surface area contributed by atoms with Gasteiger partial charge in [-0.2, -0.15) is 22.1 Å². The Balaban J connectivity index is 1.79. The van der Waals surface area contributed by atoms with Crippen LogP contribution in [0.4, 0.5) is 0 Å². The average Bonchev–Trinajstić information content (AvgIpc) is 3.12. The van der Waals surface area contributed by atoms with Crippen LogP contribution in [0, 0.1) is 0 Å². The van der Waals surface area contributed by atoms with Crippen molar-refractivity contribution < 1.29 is 8.42 Å². The number of aromatic nitrogens is 4. The Hall–Kier alpha value is -1.84. The van der Waals surface area contributed by atoms with Gasteiger partial charge in [0.25, 0.3) is 10.2 Å². The molecule has 1 unspecified atom stereocenters. The fourth-order valence-electron chi connectivity index (χ4n) is 3.23. The van der Waals surface area contributed by atoms with Crippen LogP contribution in [0.1, 0.15) is 44.3 Å². The molecule has 0 radical (unpaired) electrons. The van der Waals surface area contributed by atoms with Gasteiger partial charge in [-0.1, -0.05) is 0 Å². The lowest BCUT2D eigenvalue weighted by molar-refractivity contribution is 0.296. The molecule has 142 valence electrons. The fourth-order valence-corrected chi connectivity index (χ4v) is 4.42. The highest BCUT2D eigenvalue weighted by Gasteiger charge is 2.31. The van der Waals surface area contributed by atoms with Crippen molar-refractivity contribution in [1.82, 2.24) is 28.4 Å². The Morgan fingerprint density at radius 3 is 2.62 bits per heavy atom. The van der Waals surface area contributed by atoms with Crippen LogP contribution in [0.2, 0.25) is 0 Å². The summed E-state index contributed by atoms with van der Waals surface area (Å²) < 4.78 is 29.5. The Morgan fingerprint density at radius 1 is 1.23 bits per heavy atom. The highest BCUT2D eigenvalue weighted by molar-refractivity contribution is 7.86. The number of hydrogen-bond donors (Lipinski definition) is 0.